The van der Waals surface area contributed by atoms with E-state index in [4.69, 9.17) is 4.74 Å². The molecule has 0 fully saturated rings. The molecule has 0 N–H and O–H groups in total. The van der Waals surface area contributed by atoms with E-state index in [2.05, 4.69) is 0 Å². The van der Waals surface area contributed by atoms with Crippen LogP contribution in [0.3, 0.4) is 0 Å². The quantitative estimate of drug-likeness (QED) is 0.702. The number of para-hydroxylation sites is 1. The van der Waals surface area contributed by atoms with Gasteiger partial charge in [-0.1, -0.05) is 54.6 Å². The van der Waals surface area contributed by atoms with Crippen LogP contribution >= 0.6 is 0 Å². The molecule has 1 heterocycles. The van der Waals surface area contributed by atoms with Crippen LogP contribution in [0.25, 0.3) is 0 Å². The molecular formula is C15H12O3Sr. The maximum Gasteiger partial charge on any atom is 2.00 e. The van der Waals surface area contributed by atoms with E-state index < -0.39 is 11.9 Å². The van der Waals surface area contributed by atoms with Crippen molar-refractivity contribution in [3.63, 3.8) is 0 Å². The van der Waals surface area contributed by atoms with Crippen molar-refractivity contribution < 1.29 is 14.9 Å². The first-order chi connectivity index (χ1) is 8.70. The summed E-state index contributed by atoms with van der Waals surface area (Å²) >= 11 is 0. The third-order valence-electron chi connectivity index (χ3n) is 3.24. The number of benzene rings is 2. The Hall–Kier alpha value is -0.359. The fourth-order valence-corrected chi connectivity index (χ4v) is 2.25. The van der Waals surface area contributed by atoms with E-state index >= 15 is 0 Å². The van der Waals surface area contributed by atoms with E-state index in [0.717, 1.165) is 5.56 Å². The molecule has 0 saturated carbocycles. The minimum atomic E-state index is -2.03. The molecule has 0 bridgehead atoms. The van der Waals surface area contributed by atoms with Crippen molar-refractivity contribution in [1.29, 1.82) is 0 Å². The van der Waals surface area contributed by atoms with E-state index in [9.17, 15) is 10.2 Å². The van der Waals surface area contributed by atoms with Crippen molar-refractivity contribution in [2.45, 2.75) is 18.3 Å². The summed E-state index contributed by atoms with van der Waals surface area (Å²) in [5.74, 6) is -1.52. The molecule has 1 aliphatic rings. The summed E-state index contributed by atoms with van der Waals surface area (Å²) in [5, 5.41) is 24.8. The summed E-state index contributed by atoms with van der Waals surface area (Å²) in [5.41, 5.74) is 1.19. The van der Waals surface area contributed by atoms with E-state index in [-0.39, 0.29) is 51.9 Å². The van der Waals surface area contributed by atoms with Gasteiger partial charge in [0.25, 0.3) is 0 Å². The van der Waals surface area contributed by atoms with Gasteiger partial charge >= 0.3 is 45.5 Å². The van der Waals surface area contributed by atoms with Gasteiger partial charge in [0, 0.05) is 0 Å². The van der Waals surface area contributed by atoms with Crippen molar-refractivity contribution in [1.82, 2.24) is 0 Å². The van der Waals surface area contributed by atoms with Crippen LogP contribution in [0.1, 0.15) is 11.1 Å². The van der Waals surface area contributed by atoms with E-state index in [1.807, 2.05) is 18.2 Å². The molecule has 0 saturated heterocycles. The molecule has 2 aromatic rings. The number of hydrogen-bond acceptors (Lipinski definition) is 3. The van der Waals surface area contributed by atoms with Gasteiger partial charge in [-0.15, -0.1) is 0 Å². The van der Waals surface area contributed by atoms with Crippen molar-refractivity contribution in [2.75, 3.05) is 0 Å². The molecule has 2 atom stereocenters. The van der Waals surface area contributed by atoms with Gasteiger partial charge in [-0.3, -0.25) is 0 Å². The minimum Gasteiger partial charge on any atom is -0.850 e. The zero-order chi connectivity index (χ0) is 12.6. The Balaban J connectivity index is 0.00000133. The van der Waals surface area contributed by atoms with E-state index in [1.165, 1.54) is 0 Å². The molecule has 0 aliphatic carbocycles. The normalized spacial score (nSPS) is 24.8. The smallest absolute Gasteiger partial charge is 0.850 e. The first-order valence-electron chi connectivity index (χ1n) is 5.89. The summed E-state index contributed by atoms with van der Waals surface area (Å²) in [6.07, 6.45) is -1.14. The van der Waals surface area contributed by atoms with Gasteiger partial charge in [-0.2, -0.15) is 0 Å². The Morgan fingerprint density at radius 3 is 2.37 bits per heavy atom. The Kier molecular flexibility index (Phi) is 4.71. The SMILES string of the molecule is [O-]C1Cc2ccccc2OC1([O-])c1ccccc1.[Sr+2]. The fourth-order valence-electron chi connectivity index (χ4n) is 2.25. The Labute approximate surface area is 149 Å². The second kappa shape index (κ2) is 5.96. The number of rotatable bonds is 1. The van der Waals surface area contributed by atoms with Crippen LogP contribution in [-0.2, 0) is 12.2 Å². The van der Waals surface area contributed by atoms with Gasteiger partial charge in [-0.05, 0) is 23.6 Å². The zero-order valence-corrected chi connectivity index (χ0v) is 13.9. The standard InChI is InChI=1S/C15H12O3.Sr/c16-14-10-11-6-4-5-9-13(11)18-15(14,17)12-7-2-1-3-8-12;/h1-9,14H,10H2;/q-2;+2. The summed E-state index contributed by atoms with van der Waals surface area (Å²) in [6.45, 7) is 0. The van der Waals surface area contributed by atoms with Crippen molar-refractivity contribution in [3.05, 3.63) is 65.7 Å². The molecule has 0 amide bonds. The summed E-state index contributed by atoms with van der Waals surface area (Å²) < 4.78 is 5.45. The summed E-state index contributed by atoms with van der Waals surface area (Å²) in [4.78, 5) is 0. The summed E-state index contributed by atoms with van der Waals surface area (Å²) in [7, 11) is 0. The average molecular weight is 328 g/mol. The summed E-state index contributed by atoms with van der Waals surface area (Å²) in [6, 6.07) is 15.8. The minimum absolute atomic E-state index is 0. The molecular weight excluding hydrogens is 316 g/mol. The van der Waals surface area contributed by atoms with E-state index in [1.54, 1.807) is 36.4 Å². The second-order valence-corrected chi connectivity index (χ2v) is 4.44. The molecule has 3 nitrogen and oxygen atoms in total. The third kappa shape index (κ3) is 2.75. The average Bonchev–Trinajstić information content (AvgIpc) is 2.41. The van der Waals surface area contributed by atoms with Gasteiger partial charge in [0.2, 0.25) is 0 Å². The Morgan fingerprint density at radius 2 is 1.63 bits per heavy atom. The largest absolute Gasteiger partial charge is 2.00 e. The van der Waals surface area contributed by atoms with Crippen molar-refractivity contribution >= 4 is 45.5 Å². The predicted molar refractivity (Wildman–Crippen MR) is 68.4 cm³/mol. The van der Waals surface area contributed by atoms with Crippen LogP contribution in [0.4, 0.5) is 0 Å². The molecule has 0 spiro atoms. The van der Waals surface area contributed by atoms with Crippen molar-refractivity contribution in [3.8, 4) is 5.75 Å². The van der Waals surface area contributed by atoms with Crippen LogP contribution < -0.4 is 14.9 Å². The third-order valence-corrected chi connectivity index (χ3v) is 3.24. The monoisotopic (exact) mass is 328 g/mol. The number of fused-ring (bicyclic) bond motifs is 1. The first-order valence-corrected chi connectivity index (χ1v) is 5.89. The second-order valence-electron chi connectivity index (χ2n) is 4.44. The Morgan fingerprint density at radius 1 is 1.00 bits per heavy atom. The van der Waals surface area contributed by atoms with Gasteiger partial charge < -0.3 is 14.9 Å². The molecule has 2 aromatic carbocycles. The molecule has 1 aliphatic heterocycles. The van der Waals surface area contributed by atoms with Gasteiger partial charge in [0.15, 0.2) is 0 Å². The molecule has 19 heavy (non-hydrogen) atoms. The van der Waals surface area contributed by atoms with Crippen LogP contribution in [0.15, 0.2) is 54.6 Å². The van der Waals surface area contributed by atoms with Gasteiger partial charge in [-0.25, -0.2) is 0 Å². The molecule has 92 valence electrons. The maximum atomic E-state index is 12.7. The number of hydrogen-bond donors (Lipinski definition) is 0. The van der Waals surface area contributed by atoms with Crippen LogP contribution in [0.5, 0.6) is 5.75 Å². The predicted octanol–water partition coefficient (Wildman–Crippen LogP) is 0.183. The van der Waals surface area contributed by atoms with Crippen LogP contribution in [0.2, 0.25) is 0 Å². The van der Waals surface area contributed by atoms with Gasteiger partial charge in [0.05, 0.1) is 5.79 Å². The van der Waals surface area contributed by atoms with Crippen LogP contribution in [-0.4, -0.2) is 51.6 Å². The Bertz CT molecular complexity index is 558. The molecule has 2 unspecified atom stereocenters. The maximum absolute atomic E-state index is 12.7. The topological polar surface area (TPSA) is 55.3 Å². The molecule has 0 radical (unpaired) electrons. The zero-order valence-electron chi connectivity index (χ0n) is 10.4. The van der Waals surface area contributed by atoms with E-state index in [0.29, 0.717) is 11.3 Å². The molecule has 3 rings (SSSR count). The molecule has 0 aromatic heterocycles. The van der Waals surface area contributed by atoms with Crippen LogP contribution in [0, 0.1) is 0 Å². The molecule has 4 heteroatoms. The fraction of sp³-hybridized carbons (Fsp3) is 0.200. The number of ether oxygens (including phenoxy) is 1. The van der Waals surface area contributed by atoms with Crippen molar-refractivity contribution in [2.24, 2.45) is 0 Å². The van der Waals surface area contributed by atoms with Gasteiger partial charge in [0.1, 0.15) is 5.75 Å². The first kappa shape index (κ1) is 15.0.